The molecule has 1 aromatic rings. The van der Waals surface area contributed by atoms with Crippen molar-refractivity contribution in [3.8, 4) is 0 Å². The largest absolute Gasteiger partial charge is 0.385 e. The maximum atomic E-state index is 12.4. The van der Waals surface area contributed by atoms with E-state index in [1.54, 1.807) is 7.05 Å². The summed E-state index contributed by atoms with van der Waals surface area (Å²) in [5.74, 6) is -0.203. The predicted molar refractivity (Wildman–Crippen MR) is 82.0 cm³/mol. The molecule has 1 N–H and O–H groups in total. The van der Waals surface area contributed by atoms with Gasteiger partial charge in [0.1, 0.15) is 9.84 Å². The summed E-state index contributed by atoms with van der Waals surface area (Å²) in [5, 5.41) is 3.15. The van der Waals surface area contributed by atoms with Gasteiger partial charge in [-0.05, 0) is 26.0 Å². The van der Waals surface area contributed by atoms with Gasteiger partial charge in [-0.3, -0.25) is 4.79 Å². The molecule has 6 heteroatoms. The van der Waals surface area contributed by atoms with Crippen molar-refractivity contribution in [3.63, 3.8) is 0 Å². The first-order valence-electron chi connectivity index (χ1n) is 6.52. The molecular formula is C14H22N2O3S. The minimum Gasteiger partial charge on any atom is -0.385 e. The lowest BCUT2D eigenvalue weighted by molar-refractivity contribution is 0.0804. The van der Waals surface area contributed by atoms with E-state index in [0.717, 1.165) is 17.8 Å². The summed E-state index contributed by atoms with van der Waals surface area (Å²) >= 11 is 0. The molecule has 112 valence electrons. The molecule has 0 bridgehead atoms. The minimum atomic E-state index is -3.07. The van der Waals surface area contributed by atoms with Gasteiger partial charge in [0.05, 0.1) is 11.3 Å². The molecule has 5 nitrogen and oxygen atoms in total. The number of sulfone groups is 1. The molecule has 1 aromatic carbocycles. The van der Waals surface area contributed by atoms with E-state index in [9.17, 15) is 13.2 Å². The van der Waals surface area contributed by atoms with E-state index < -0.39 is 9.84 Å². The molecule has 0 spiro atoms. The topological polar surface area (TPSA) is 66.5 Å². The quantitative estimate of drug-likeness (QED) is 0.865. The third-order valence-corrected chi connectivity index (χ3v) is 3.84. The average Bonchev–Trinajstić information content (AvgIpc) is 2.36. The number of amides is 1. The number of nitrogens with one attached hydrogen (secondary N) is 1. The molecule has 0 aliphatic heterocycles. The van der Waals surface area contributed by atoms with Crippen LogP contribution in [0, 0.1) is 6.92 Å². The zero-order chi connectivity index (χ0) is 15.3. The van der Waals surface area contributed by atoms with Crippen molar-refractivity contribution in [2.75, 3.05) is 37.5 Å². The molecule has 0 aromatic heterocycles. The second-order valence-corrected chi connectivity index (χ2v) is 7.20. The monoisotopic (exact) mass is 298 g/mol. The molecule has 0 aliphatic rings. The fourth-order valence-corrected chi connectivity index (χ4v) is 2.40. The van der Waals surface area contributed by atoms with Crippen LogP contribution in [0.5, 0.6) is 0 Å². The van der Waals surface area contributed by atoms with Crippen LogP contribution >= 0.6 is 0 Å². The van der Waals surface area contributed by atoms with E-state index in [1.165, 1.54) is 11.2 Å². The van der Waals surface area contributed by atoms with Crippen molar-refractivity contribution < 1.29 is 13.2 Å². The fourth-order valence-electron chi connectivity index (χ4n) is 1.79. The van der Waals surface area contributed by atoms with Crippen LogP contribution in [0.15, 0.2) is 18.2 Å². The van der Waals surface area contributed by atoms with Gasteiger partial charge in [-0.25, -0.2) is 8.42 Å². The van der Waals surface area contributed by atoms with Crippen molar-refractivity contribution in [1.29, 1.82) is 0 Å². The van der Waals surface area contributed by atoms with Crippen LogP contribution in [-0.4, -0.2) is 51.4 Å². The summed E-state index contributed by atoms with van der Waals surface area (Å²) in [6.07, 6.45) is 1.17. The van der Waals surface area contributed by atoms with Gasteiger partial charge in [0.15, 0.2) is 0 Å². The number of hydrogen-bond donors (Lipinski definition) is 1. The number of benzene rings is 1. The first kappa shape index (κ1) is 16.5. The van der Waals surface area contributed by atoms with Gasteiger partial charge in [0.25, 0.3) is 5.91 Å². The molecular weight excluding hydrogens is 276 g/mol. The molecule has 0 unspecified atom stereocenters. The Hall–Kier alpha value is -1.56. The minimum absolute atomic E-state index is 0.0302. The number of carbonyl (C=O) groups excluding carboxylic acids is 1. The van der Waals surface area contributed by atoms with Crippen molar-refractivity contribution in [2.45, 2.75) is 13.8 Å². The molecule has 0 atom stereocenters. The summed E-state index contributed by atoms with van der Waals surface area (Å²) < 4.78 is 22.3. The third kappa shape index (κ3) is 4.85. The fraction of sp³-hybridized carbons (Fsp3) is 0.500. The summed E-state index contributed by atoms with van der Waals surface area (Å²) in [5.41, 5.74) is 2.34. The third-order valence-electron chi connectivity index (χ3n) is 2.92. The lowest BCUT2D eigenvalue weighted by Gasteiger charge is -2.19. The molecule has 0 aliphatic carbocycles. The molecule has 0 saturated heterocycles. The van der Waals surface area contributed by atoms with Gasteiger partial charge >= 0.3 is 0 Å². The molecule has 0 heterocycles. The summed E-state index contributed by atoms with van der Waals surface area (Å²) in [6.45, 7) is 4.79. The van der Waals surface area contributed by atoms with Crippen molar-refractivity contribution in [3.05, 3.63) is 29.3 Å². The Kier molecular flexibility index (Phi) is 5.56. The Labute approximate surface area is 120 Å². The van der Waals surface area contributed by atoms with E-state index in [4.69, 9.17) is 0 Å². The van der Waals surface area contributed by atoms with Crippen LogP contribution in [0.25, 0.3) is 0 Å². The van der Waals surface area contributed by atoms with Crippen molar-refractivity contribution in [2.24, 2.45) is 0 Å². The van der Waals surface area contributed by atoms with Crippen LogP contribution in [0.1, 0.15) is 22.8 Å². The Balaban J connectivity index is 2.92. The Morgan fingerprint density at radius 2 is 2.00 bits per heavy atom. The average molecular weight is 298 g/mol. The molecule has 0 fully saturated rings. The summed E-state index contributed by atoms with van der Waals surface area (Å²) in [7, 11) is -1.46. The van der Waals surface area contributed by atoms with Crippen molar-refractivity contribution >= 4 is 21.4 Å². The van der Waals surface area contributed by atoms with E-state index in [2.05, 4.69) is 5.32 Å². The normalized spacial score (nSPS) is 11.2. The first-order chi connectivity index (χ1) is 9.24. The number of aryl methyl sites for hydroxylation is 1. The summed E-state index contributed by atoms with van der Waals surface area (Å²) in [4.78, 5) is 13.8. The highest BCUT2D eigenvalue weighted by atomic mass is 32.2. The second kappa shape index (κ2) is 6.74. The lowest BCUT2D eigenvalue weighted by atomic mass is 10.1. The van der Waals surface area contributed by atoms with Crippen LogP contribution in [0.3, 0.4) is 0 Å². The SMILES string of the molecule is CCNc1ccc(C)cc1C(=O)N(C)CCS(C)(=O)=O. The predicted octanol–water partition coefficient (Wildman–Crippen LogP) is 1.54. The van der Waals surface area contributed by atoms with Gasteiger partial charge in [-0.1, -0.05) is 11.6 Å². The van der Waals surface area contributed by atoms with Gasteiger partial charge in [-0.15, -0.1) is 0 Å². The number of anilines is 1. The van der Waals surface area contributed by atoms with E-state index in [1.807, 2.05) is 32.0 Å². The molecule has 0 saturated carbocycles. The summed E-state index contributed by atoms with van der Waals surface area (Å²) in [6, 6.07) is 5.62. The highest BCUT2D eigenvalue weighted by Gasteiger charge is 2.17. The molecule has 0 radical (unpaired) electrons. The zero-order valence-corrected chi connectivity index (χ0v) is 13.3. The van der Waals surface area contributed by atoms with Crippen LogP contribution in [0.4, 0.5) is 5.69 Å². The van der Waals surface area contributed by atoms with Crippen LogP contribution < -0.4 is 5.32 Å². The second-order valence-electron chi connectivity index (χ2n) is 4.94. The van der Waals surface area contributed by atoms with E-state index in [0.29, 0.717) is 5.56 Å². The molecule has 1 amide bonds. The number of hydrogen-bond acceptors (Lipinski definition) is 4. The Morgan fingerprint density at radius 3 is 2.55 bits per heavy atom. The number of carbonyl (C=O) groups is 1. The first-order valence-corrected chi connectivity index (χ1v) is 8.58. The number of rotatable bonds is 6. The van der Waals surface area contributed by atoms with E-state index >= 15 is 0 Å². The van der Waals surface area contributed by atoms with E-state index in [-0.39, 0.29) is 18.2 Å². The van der Waals surface area contributed by atoms with Gasteiger partial charge < -0.3 is 10.2 Å². The molecule has 20 heavy (non-hydrogen) atoms. The van der Waals surface area contributed by atoms with Crippen molar-refractivity contribution in [1.82, 2.24) is 4.90 Å². The van der Waals surface area contributed by atoms with Crippen LogP contribution in [-0.2, 0) is 9.84 Å². The maximum Gasteiger partial charge on any atom is 0.255 e. The Bertz CT molecular complexity index is 582. The molecule has 1 rings (SSSR count). The smallest absolute Gasteiger partial charge is 0.255 e. The van der Waals surface area contributed by atoms with Crippen LogP contribution in [0.2, 0.25) is 0 Å². The standard InChI is InChI=1S/C14H22N2O3S/c1-5-15-13-7-6-11(2)10-12(13)14(17)16(3)8-9-20(4,18)19/h6-7,10,15H,5,8-9H2,1-4H3. The highest BCUT2D eigenvalue weighted by molar-refractivity contribution is 7.90. The number of nitrogens with zero attached hydrogens (tertiary/aromatic N) is 1. The lowest BCUT2D eigenvalue weighted by Crippen LogP contribution is -2.32. The highest BCUT2D eigenvalue weighted by Crippen LogP contribution is 2.19. The maximum absolute atomic E-state index is 12.4. The zero-order valence-electron chi connectivity index (χ0n) is 12.4. The van der Waals surface area contributed by atoms with Gasteiger partial charge in [0, 0.05) is 32.1 Å². The Morgan fingerprint density at radius 1 is 1.35 bits per heavy atom. The van der Waals surface area contributed by atoms with Gasteiger partial charge in [0.2, 0.25) is 0 Å². The van der Waals surface area contributed by atoms with Gasteiger partial charge in [-0.2, -0.15) is 0 Å².